The Morgan fingerprint density at radius 3 is 2.33 bits per heavy atom. The van der Waals surface area contributed by atoms with Crippen molar-refractivity contribution in [3.05, 3.63) is 24.3 Å². The highest BCUT2D eigenvalue weighted by molar-refractivity contribution is 7.92. The second kappa shape index (κ2) is 8.14. The summed E-state index contributed by atoms with van der Waals surface area (Å²) in [5.41, 5.74) is 0.483. The van der Waals surface area contributed by atoms with Crippen molar-refractivity contribution in [3.8, 4) is 0 Å². The Kier molecular flexibility index (Phi) is 6.19. The number of urea groups is 1. The Balaban J connectivity index is 1.87. The summed E-state index contributed by atoms with van der Waals surface area (Å²) in [4.78, 5) is 22.3. The van der Waals surface area contributed by atoms with Crippen molar-refractivity contribution in [2.75, 3.05) is 11.9 Å². The minimum absolute atomic E-state index is 0.00595. The first-order valence-electron chi connectivity index (χ1n) is 8.00. The van der Waals surface area contributed by atoms with E-state index in [0.717, 1.165) is 12.8 Å². The van der Waals surface area contributed by atoms with Crippen LogP contribution in [0.25, 0.3) is 0 Å². The lowest BCUT2D eigenvalue weighted by Gasteiger charge is -2.12. The molecule has 1 saturated carbocycles. The number of hydrogen-bond donors (Lipinski definition) is 3. The molecule has 3 N–H and O–H groups in total. The first-order chi connectivity index (χ1) is 11.4. The number of sulfone groups is 1. The van der Waals surface area contributed by atoms with E-state index in [-0.39, 0.29) is 23.1 Å². The van der Waals surface area contributed by atoms with Gasteiger partial charge in [0.25, 0.3) is 0 Å². The summed E-state index contributed by atoms with van der Waals surface area (Å²) in [6, 6.07) is 5.67. The highest BCUT2D eigenvalue weighted by atomic mass is 32.2. The molecule has 1 aromatic carbocycles. The summed E-state index contributed by atoms with van der Waals surface area (Å²) in [7, 11) is -3.29. The van der Waals surface area contributed by atoms with E-state index in [9.17, 15) is 18.0 Å². The third-order valence-corrected chi connectivity index (χ3v) is 6.31. The van der Waals surface area contributed by atoms with Gasteiger partial charge in [0.05, 0.1) is 10.1 Å². The van der Waals surface area contributed by atoms with Gasteiger partial charge in [0.15, 0.2) is 9.84 Å². The van der Waals surface area contributed by atoms with Crippen LogP contribution < -0.4 is 10.6 Å². The van der Waals surface area contributed by atoms with Gasteiger partial charge in [-0.15, -0.1) is 0 Å². The average Bonchev–Trinajstić information content (AvgIpc) is 3.07. The van der Waals surface area contributed by atoms with E-state index in [1.165, 1.54) is 12.1 Å². The van der Waals surface area contributed by atoms with Crippen LogP contribution in [0.3, 0.4) is 0 Å². The molecule has 0 aliphatic heterocycles. The Labute approximate surface area is 141 Å². The van der Waals surface area contributed by atoms with Crippen LogP contribution in [0, 0.1) is 0 Å². The number of benzene rings is 1. The summed E-state index contributed by atoms with van der Waals surface area (Å²) >= 11 is 0. The zero-order valence-corrected chi connectivity index (χ0v) is 14.1. The van der Waals surface area contributed by atoms with Gasteiger partial charge >= 0.3 is 12.0 Å². The van der Waals surface area contributed by atoms with Gasteiger partial charge in [0.2, 0.25) is 0 Å². The maximum Gasteiger partial charge on any atom is 0.319 e. The smallest absolute Gasteiger partial charge is 0.319 e. The molecule has 1 aliphatic carbocycles. The molecular formula is C16H22N2O5S. The number of aliphatic carboxylic acids is 1. The number of hydrogen-bond acceptors (Lipinski definition) is 4. The molecule has 2 rings (SSSR count). The van der Waals surface area contributed by atoms with E-state index in [4.69, 9.17) is 5.11 Å². The number of carbonyl (C=O) groups is 2. The third-order valence-electron chi connectivity index (χ3n) is 4.03. The molecule has 0 unspecified atom stereocenters. The van der Waals surface area contributed by atoms with Gasteiger partial charge in [0, 0.05) is 18.7 Å². The van der Waals surface area contributed by atoms with E-state index < -0.39 is 21.8 Å². The average molecular weight is 354 g/mol. The summed E-state index contributed by atoms with van der Waals surface area (Å²) in [6.45, 7) is 0.256. The normalized spacial score (nSPS) is 15.2. The van der Waals surface area contributed by atoms with Crippen LogP contribution in [0.4, 0.5) is 10.5 Å². The zero-order chi connectivity index (χ0) is 17.6. The van der Waals surface area contributed by atoms with Crippen molar-refractivity contribution in [3.63, 3.8) is 0 Å². The molecule has 0 aromatic heterocycles. The lowest BCUT2D eigenvalue weighted by Crippen LogP contribution is -2.29. The fourth-order valence-electron chi connectivity index (χ4n) is 2.74. The SMILES string of the molecule is O=C(O)CCCNC(=O)Nc1ccc(S(=O)(=O)C2CCCC2)cc1. The zero-order valence-electron chi connectivity index (χ0n) is 13.3. The topological polar surface area (TPSA) is 113 Å². The minimum atomic E-state index is -3.29. The van der Waals surface area contributed by atoms with E-state index in [2.05, 4.69) is 10.6 Å². The van der Waals surface area contributed by atoms with Crippen molar-refractivity contribution in [2.24, 2.45) is 0 Å². The van der Waals surface area contributed by atoms with Gasteiger partial charge in [-0.1, -0.05) is 12.8 Å². The molecule has 0 bridgehead atoms. The van der Waals surface area contributed by atoms with Crippen LogP contribution in [0.1, 0.15) is 38.5 Å². The minimum Gasteiger partial charge on any atom is -0.481 e. The van der Waals surface area contributed by atoms with Gasteiger partial charge in [0.1, 0.15) is 0 Å². The first-order valence-corrected chi connectivity index (χ1v) is 9.55. The Bertz CT molecular complexity index is 679. The van der Waals surface area contributed by atoms with Gasteiger partial charge in [-0.25, -0.2) is 13.2 Å². The number of rotatable bonds is 7. The molecule has 1 fully saturated rings. The van der Waals surface area contributed by atoms with Crippen LogP contribution in [-0.2, 0) is 14.6 Å². The van der Waals surface area contributed by atoms with Gasteiger partial charge in [-0.3, -0.25) is 4.79 Å². The van der Waals surface area contributed by atoms with Gasteiger partial charge < -0.3 is 15.7 Å². The third kappa shape index (κ3) is 4.95. The Morgan fingerprint density at radius 1 is 1.12 bits per heavy atom. The number of carboxylic acids is 1. The molecule has 0 atom stereocenters. The molecule has 0 radical (unpaired) electrons. The Morgan fingerprint density at radius 2 is 1.75 bits per heavy atom. The maximum atomic E-state index is 12.4. The second-order valence-electron chi connectivity index (χ2n) is 5.85. The number of nitrogens with one attached hydrogen (secondary N) is 2. The molecule has 24 heavy (non-hydrogen) atoms. The maximum absolute atomic E-state index is 12.4. The number of anilines is 1. The highest BCUT2D eigenvalue weighted by Gasteiger charge is 2.30. The second-order valence-corrected chi connectivity index (χ2v) is 8.08. The van der Waals surface area contributed by atoms with Crippen molar-refractivity contribution < 1.29 is 23.1 Å². The Hall–Kier alpha value is -2.09. The van der Waals surface area contributed by atoms with Crippen LogP contribution in [0.15, 0.2) is 29.2 Å². The van der Waals surface area contributed by atoms with E-state index in [1.54, 1.807) is 12.1 Å². The summed E-state index contributed by atoms with van der Waals surface area (Å²) in [6.07, 6.45) is 3.66. The number of carboxylic acid groups (broad SMARTS) is 1. The fraction of sp³-hybridized carbons (Fsp3) is 0.500. The molecule has 0 saturated heterocycles. The van der Waals surface area contributed by atoms with Gasteiger partial charge in [-0.05, 0) is 43.5 Å². The lowest BCUT2D eigenvalue weighted by molar-refractivity contribution is -0.137. The van der Waals surface area contributed by atoms with E-state index in [0.29, 0.717) is 24.9 Å². The molecule has 0 heterocycles. The van der Waals surface area contributed by atoms with Crippen molar-refractivity contribution >= 4 is 27.5 Å². The summed E-state index contributed by atoms with van der Waals surface area (Å²) in [5.74, 6) is -0.906. The fourth-order valence-corrected chi connectivity index (χ4v) is 4.59. The van der Waals surface area contributed by atoms with E-state index in [1.807, 2.05) is 0 Å². The quantitative estimate of drug-likeness (QED) is 0.651. The van der Waals surface area contributed by atoms with Crippen molar-refractivity contribution in [1.29, 1.82) is 0 Å². The van der Waals surface area contributed by atoms with Crippen molar-refractivity contribution in [1.82, 2.24) is 5.32 Å². The first kappa shape index (κ1) is 18.3. The lowest BCUT2D eigenvalue weighted by atomic mass is 10.3. The molecule has 1 aromatic rings. The molecule has 8 heteroatoms. The molecule has 0 spiro atoms. The molecule has 132 valence electrons. The summed E-state index contributed by atoms with van der Waals surface area (Å²) in [5, 5.41) is 13.3. The van der Waals surface area contributed by atoms with Crippen LogP contribution in [-0.4, -0.2) is 37.3 Å². The molecule has 2 amide bonds. The summed E-state index contributed by atoms with van der Waals surface area (Å²) < 4.78 is 24.9. The van der Waals surface area contributed by atoms with Crippen LogP contribution >= 0.6 is 0 Å². The molecule has 7 nitrogen and oxygen atoms in total. The molecule has 1 aliphatic rings. The standard InChI is InChI=1S/C16H22N2O5S/c19-15(20)6-3-11-17-16(21)18-12-7-9-14(10-8-12)24(22,23)13-4-1-2-5-13/h7-10,13H,1-6,11H2,(H,19,20)(H2,17,18,21). The predicted molar refractivity (Wildman–Crippen MR) is 89.8 cm³/mol. The number of amides is 2. The van der Waals surface area contributed by atoms with Crippen LogP contribution in [0.2, 0.25) is 0 Å². The van der Waals surface area contributed by atoms with Crippen LogP contribution in [0.5, 0.6) is 0 Å². The van der Waals surface area contributed by atoms with Gasteiger partial charge in [-0.2, -0.15) is 0 Å². The predicted octanol–water partition coefficient (Wildman–Crippen LogP) is 2.39. The molecular weight excluding hydrogens is 332 g/mol. The number of carbonyl (C=O) groups excluding carboxylic acids is 1. The monoisotopic (exact) mass is 354 g/mol. The highest BCUT2D eigenvalue weighted by Crippen LogP contribution is 2.29. The largest absolute Gasteiger partial charge is 0.481 e. The van der Waals surface area contributed by atoms with E-state index >= 15 is 0 Å². The van der Waals surface area contributed by atoms with Crippen molar-refractivity contribution in [2.45, 2.75) is 48.7 Å².